The van der Waals surface area contributed by atoms with Gasteiger partial charge in [0, 0.05) is 12.6 Å². The molecule has 0 fully saturated rings. The van der Waals surface area contributed by atoms with E-state index in [1.807, 2.05) is 20.8 Å². The first kappa shape index (κ1) is 13.9. The van der Waals surface area contributed by atoms with Gasteiger partial charge in [-0.2, -0.15) is 0 Å². The lowest BCUT2D eigenvalue weighted by Crippen LogP contribution is -2.47. The molecule has 0 unspecified atom stereocenters. The molecule has 0 rings (SSSR count). The number of amides is 2. The summed E-state index contributed by atoms with van der Waals surface area (Å²) in [5, 5.41) is 5.22. The number of carbonyl (C=O) groups excluding carboxylic acids is 2. The summed E-state index contributed by atoms with van der Waals surface area (Å²) in [6.07, 6.45) is -0.535. The van der Waals surface area contributed by atoms with E-state index in [0.717, 1.165) is 0 Å². The van der Waals surface area contributed by atoms with Gasteiger partial charge in [-0.3, -0.25) is 9.59 Å². The zero-order chi connectivity index (χ0) is 12.1. The van der Waals surface area contributed by atoms with E-state index in [1.54, 1.807) is 6.92 Å². The minimum Gasteiger partial charge on any atom is -0.372 e. The van der Waals surface area contributed by atoms with Crippen LogP contribution in [-0.2, 0) is 14.3 Å². The number of nitrogens with one attached hydrogen (secondary N) is 2. The zero-order valence-electron chi connectivity index (χ0n) is 10.0. The lowest BCUT2D eigenvalue weighted by atomic mass is 10.1. The van der Waals surface area contributed by atoms with Crippen molar-refractivity contribution in [2.75, 3.05) is 13.7 Å². The SMILES string of the molecule is CO[C@@H](C)C(=O)NCC(=O)NC(C)(C)C. The van der Waals surface area contributed by atoms with Crippen molar-refractivity contribution in [1.29, 1.82) is 0 Å². The van der Waals surface area contributed by atoms with Crippen molar-refractivity contribution in [2.24, 2.45) is 0 Å². The first-order valence-corrected chi connectivity index (χ1v) is 4.88. The highest BCUT2D eigenvalue weighted by Gasteiger charge is 2.16. The maximum Gasteiger partial charge on any atom is 0.249 e. The Bertz CT molecular complexity index is 233. The fraction of sp³-hybridized carbons (Fsp3) is 0.800. The molecule has 0 aliphatic rings. The lowest BCUT2D eigenvalue weighted by molar-refractivity contribution is -0.132. The molecule has 5 nitrogen and oxygen atoms in total. The van der Waals surface area contributed by atoms with E-state index in [4.69, 9.17) is 4.74 Å². The summed E-state index contributed by atoms with van der Waals surface area (Å²) in [4.78, 5) is 22.5. The Morgan fingerprint density at radius 2 is 1.87 bits per heavy atom. The molecule has 0 aliphatic carbocycles. The third-order valence-electron chi connectivity index (χ3n) is 1.66. The number of rotatable bonds is 4. The highest BCUT2D eigenvalue weighted by Crippen LogP contribution is 1.97. The summed E-state index contributed by atoms with van der Waals surface area (Å²) in [7, 11) is 1.44. The molecule has 0 saturated heterocycles. The molecule has 0 bridgehead atoms. The summed E-state index contributed by atoms with van der Waals surface area (Å²) in [5.41, 5.74) is -0.283. The van der Waals surface area contributed by atoms with Crippen LogP contribution < -0.4 is 10.6 Å². The number of carbonyl (C=O) groups is 2. The molecular formula is C10H20N2O3. The van der Waals surface area contributed by atoms with E-state index in [9.17, 15) is 9.59 Å². The molecule has 1 atom stereocenters. The molecule has 5 heteroatoms. The minimum absolute atomic E-state index is 0.0240. The van der Waals surface area contributed by atoms with Crippen LogP contribution in [0.15, 0.2) is 0 Å². The zero-order valence-corrected chi connectivity index (χ0v) is 10.0. The largest absolute Gasteiger partial charge is 0.372 e. The highest BCUT2D eigenvalue weighted by atomic mass is 16.5. The van der Waals surface area contributed by atoms with E-state index in [2.05, 4.69) is 10.6 Å². The first-order chi connectivity index (χ1) is 6.76. The van der Waals surface area contributed by atoms with Gasteiger partial charge in [0.1, 0.15) is 6.10 Å². The molecule has 2 amide bonds. The van der Waals surface area contributed by atoms with E-state index in [0.29, 0.717) is 0 Å². The third-order valence-corrected chi connectivity index (χ3v) is 1.66. The summed E-state index contributed by atoms with van der Waals surface area (Å²) in [6.45, 7) is 7.24. The topological polar surface area (TPSA) is 67.4 Å². The van der Waals surface area contributed by atoms with E-state index < -0.39 is 6.10 Å². The summed E-state index contributed by atoms with van der Waals surface area (Å²) in [5.74, 6) is -0.499. The number of methoxy groups -OCH3 is 1. The molecule has 15 heavy (non-hydrogen) atoms. The average molecular weight is 216 g/mol. The van der Waals surface area contributed by atoms with Crippen molar-refractivity contribution in [2.45, 2.75) is 39.3 Å². The predicted octanol–water partition coefficient (Wildman–Crippen LogP) is 0.0522. The van der Waals surface area contributed by atoms with E-state index in [1.165, 1.54) is 7.11 Å². The first-order valence-electron chi connectivity index (χ1n) is 4.88. The Morgan fingerprint density at radius 3 is 2.27 bits per heavy atom. The van der Waals surface area contributed by atoms with Crippen LogP contribution >= 0.6 is 0 Å². The van der Waals surface area contributed by atoms with Gasteiger partial charge in [0.15, 0.2) is 0 Å². The molecule has 0 spiro atoms. The van der Waals surface area contributed by atoms with E-state index in [-0.39, 0.29) is 23.9 Å². The minimum atomic E-state index is -0.535. The second kappa shape index (κ2) is 5.70. The Morgan fingerprint density at radius 1 is 1.33 bits per heavy atom. The Kier molecular flexibility index (Phi) is 5.28. The Hall–Kier alpha value is -1.10. The number of hydrogen-bond acceptors (Lipinski definition) is 3. The van der Waals surface area contributed by atoms with Crippen molar-refractivity contribution in [1.82, 2.24) is 10.6 Å². The van der Waals surface area contributed by atoms with Crippen molar-refractivity contribution in [3.05, 3.63) is 0 Å². The fourth-order valence-electron chi connectivity index (χ4n) is 0.881. The number of hydrogen-bond donors (Lipinski definition) is 2. The van der Waals surface area contributed by atoms with Gasteiger partial charge in [-0.1, -0.05) is 0 Å². The molecule has 0 radical (unpaired) electrons. The molecule has 0 aromatic rings. The maximum atomic E-state index is 11.3. The van der Waals surface area contributed by atoms with Crippen LogP contribution in [0.5, 0.6) is 0 Å². The van der Waals surface area contributed by atoms with Crippen LogP contribution in [0, 0.1) is 0 Å². The van der Waals surface area contributed by atoms with Crippen LogP contribution in [0.1, 0.15) is 27.7 Å². The molecule has 88 valence electrons. The van der Waals surface area contributed by atoms with Gasteiger partial charge >= 0.3 is 0 Å². The standard InChI is InChI=1S/C10H20N2O3/c1-7(15-5)9(14)11-6-8(13)12-10(2,3)4/h7H,6H2,1-5H3,(H,11,14)(H,12,13)/t7-/m0/s1. The van der Waals surface area contributed by atoms with Crippen LogP contribution in [0.3, 0.4) is 0 Å². The molecule has 0 heterocycles. The molecule has 0 aromatic heterocycles. The smallest absolute Gasteiger partial charge is 0.249 e. The van der Waals surface area contributed by atoms with Crippen LogP contribution in [0.4, 0.5) is 0 Å². The normalized spacial score (nSPS) is 13.1. The van der Waals surface area contributed by atoms with Crippen molar-refractivity contribution in [3.8, 4) is 0 Å². The third kappa shape index (κ3) is 6.90. The van der Waals surface area contributed by atoms with Gasteiger partial charge in [0.25, 0.3) is 0 Å². The monoisotopic (exact) mass is 216 g/mol. The predicted molar refractivity (Wildman–Crippen MR) is 57.4 cm³/mol. The molecular weight excluding hydrogens is 196 g/mol. The summed E-state index contributed by atoms with van der Waals surface area (Å²) >= 11 is 0. The average Bonchev–Trinajstić information content (AvgIpc) is 2.10. The van der Waals surface area contributed by atoms with Crippen molar-refractivity contribution >= 4 is 11.8 Å². The molecule has 0 aromatic carbocycles. The van der Waals surface area contributed by atoms with Crippen LogP contribution in [0.25, 0.3) is 0 Å². The second-order valence-electron chi connectivity index (χ2n) is 4.39. The Balaban J connectivity index is 3.87. The van der Waals surface area contributed by atoms with Gasteiger partial charge < -0.3 is 15.4 Å². The van der Waals surface area contributed by atoms with Gasteiger partial charge in [0.05, 0.1) is 6.54 Å². The van der Waals surface area contributed by atoms with Crippen LogP contribution in [-0.4, -0.2) is 37.1 Å². The highest BCUT2D eigenvalue weighted by molar-refractivity contribution is 5.86. The number of ether oxygens (including phenoxy) is 1. The van der Waals surface area contributed by atoms with E-state index >= 15 is 0 Å². The quantitative estimate of drug-likeness (QED) is 0.698. The Labute approximate surface area is 90.6 Å². The second-order valence-corrected chi connectivity index (χ2v) is 4.39. The van der Waals surface area contributed by atoms with Crippen molar-refractivity contribution in [3.63, 3.8) is 0 Å². The van der Waals surface area contributed by atoms with Crippen LogP contribution in [0.2, 0.25) is 0 Å². The van der Waals surface area contributed by atoms with Gasteiger partial charge in [-0.15, -0.1) is 0 Å². The van der Waals surface area contributed by atoms with Crippen molar-refractivity contribution < 1.29 is 14.3 Å². The van der Waals surface area contributed by atoms with Gasteiger partial charge in [0.2, 0.25) is 11.8 Å². The fourth-order valence-corrected chi connectivity index (χ4v) is 0.881. The molecule has 0 aliphatic heterocycles. The molecule has 2 N–H and O–H groups in total. The summed E-state index contributed by atoms with van der Waals surface area (Å²) < 4.78 is 4.80. The maximum absolute atomic E-state index is 11.3. The lowest BCUT2D eigenvalue weighted by Gasteiger charge is -2.20. The van der Waals surface area contributed by atoms with Gasteiger partial charge in [-0.05, 0) is 27.7 Å². The van der Waals surface area contributed by atoms with Gasteiger partial charge in [-0.25, -0.2) is 0 Å². The molecule has 0 saturated carbocycles. The summed E-state index contributed by atoms with van der Waals surface area (Å²) in [6, 6.07) is 0.